The lowest BCUT2D eigenvalue weighted by Crippen LogP contribution is -2.33. The minimum absolute atomic E-state index is 0.0834. The molecule has 1 unspecified atom stereocenters. The van der Waals surface area contributed by atoms with E-state index in [2.05, 4.69) is 24.4 Å². The Kier molecular flexibility index (Phi) is 3.88. The van der Waals surface area contributed by atoms with Crippen LogP contribution in [0.5, 0.6) is 11.5 Å². The van der Waals surface area contributed by atoms with E-state index in [1.807, 2.05) is 6.07 Å². The van der Waals surface area contributed by atoms with Crippen LogP contribution in [0, 0.1) is 0 Å². The molecule has 3 rings (SSSR count). The zero-order valence-corrected chi connectivity index (χ0v) is 12.6. The van der Waals surface area contributed by atoms with E-state index >= 15 is 0 Å². The van der Waals surface area contributed by atoms with Gasteiger partial charge in [-0.1, -0.05) is 6.07 Å². The van der Waals surface area contributed by atoms with Crippen molar-refractivity contribution >= 4 is 0 Å². The average molecular weight is 275 g/mol. The average Bonchev–Trinajstić information content (AvgIpc) is 3.11. The Morgan fingerprint density at radius 1 is 1.15 bits per heavy atom. The van der Waals surface area contributed by atoms with E-state index in [-0.39, 0.29) is 5.54 Å². The molecule has 0 radical (unpaired) electrons. The Hall–Kier alpha value is -1.22. The molecule has 20 heavy (non-hydrogen) atoms. The zero-order chi connectivity index (χ0) is 14.0. The topological polar surface area (TPSA) is 30.5 Å². The first kappa shape index (κ1) is 13.7. The van der Waals surface area contributed by atoms with E-state index in [4.69, 9.17) is 9.47 Å². The maximum atomic E-state index is 6.19. The minimum atomic E-state index is 0.0834. The van der Waals surface area contributed by atoms with E-state index in [1.54, 1.807) is 7.11 Å². The molecular formula is C17H25NO2. The molecule has 0 bridgehead atoms. The number of benzene rings is 1. The van der Waals surface area contributed by atoms with Crippen LogP contribution in [0.25, 0.3) is 0 Å². The lowest BCUT2D eigenvalue weighted by molar-refractivity contribution is 0.200. The molecule has 1 aliphatic heterocycles. The molecule has 2 fully saturated rings. The molecule has 0 amide bonds. The fourth-order valence-electron chi connectivity index (χ4n) is 3.44. The third kappa shape index (κ3) is 2.64. The van der Waals surface area contributed by atoms with Crippen molar-refractivity contribution in [1.82, 2.24) is 5.32 Å². The van der Waals surface area contributed by atoms with Gasteiger partial charge in [-0.2, -0.15) is 0 Å². The molecule has 3 nitrogen and oxygen atoms in total. The fraction of sp³-hybridized carbons (Fsp3) is 0.647. The van der Waals surface area contributed by atoms with Crippen LogP contribution in [0.15, 0.2) is 18.2 Å². The van der Waals surface area contributed by atoms with Gasteiger partial charge < -0.3 is 14.8 Å². The Balaban J connectivity index is 1.85. The highest BCUT2D eigenvalue weighted by Crippen LogP contribution is 2.37. The Morgan fingerprint density at radius 2 is 1.95 bits per heavy atom. The van der Waals surface area contributed by atoms with Crippen LogP contribution in [0.3, 0.4) is 0 Å². The maximum absolute atomic E-state index is 6.19. The third-order valence-electron chi connectivity index (χ3n) is 4.77. The molecule has 1 heterocycles. The highest BCUT2D eigenvalue weighted by atomic mass is 16.5. The second kappa shape index (κ2) is 5.65. The summed E-state index contributed by atoms with van der Waals surface area (Å²) in [6.07, 6.45) is 7.69. The van der Waals surface area contributed by atoms with Crippen molar-refractivity contribution in [2.45, 2.75) is 57.1 Å². The molecule has 110 valence electrons. The normalized spacial score (nSPS) is 26.9. The molecule has 0 spiro atoms. The third-order valence-corrected chi connectivity index (χ3v) is 4.77. The quantitative estimate of drug-likeness (QED) is 0.910. The first-order valence-electron chi connectivity index (χ1n) is 7.81. The zero-order valence-electron chi connectivity index (χ0n) is 12.6. The van der Waals surface area contributed by atoms with E-state index in [1.165, 1.54) is 44.1 Å². The van der Waals surface area contributed by atoms with Crippen molar-refractivity contribution in [1.29, 1.82) is 0 Å². The lowest BCUT2D eigenvalue weighted by atomic mass is 9.90. The van der Waals surface area contributed by atoms with E-state index in [0.29, 0.717) is 6.10 Å². The molecule has 1 aliphatic carbocycles. The molecule has 2 aliphatic rings. The monoisotopic (exact) mass is 275 g/mol. The summed E-state index contributed by atoms with van der Waals surface area (Å²) in [4.78, 5) is 0. The Labute approximate surface area is 121 Å². The largest absolute Gasteiger partial charge is 0.493 e. The number of rotatable bonds is 4. The second-order valence-electron chi connectivity index (χ2n) is 6.25. The smallest absolute Gasteiger partial charge is 0.161 e. The molecule has 0 aromatic heterocycles. The predicted molar refractivity (Wildman–Crippen MR) is 80.5 cm³/mol. The van der Waals surface area contributed by atoms with Crippen molar-refractivity contribution in [3.63, 3.8) is 0 Å². The summed E-state index contributed by atoms with van der Waals surface area (Å²) in [7, 11) is 1.71. The molecule has 1 aromatic carbocycles. The maximum Gasteiger partial charge on any atom is 0.161 e. The van der Waals surface area contributed by atoms with Crippen LogP contribution in [0.4, 0.5) is 0 Å². The van der Waals surface area contributed by atoms with Gasteiger partial charge in [0.05, 0.1) is 13.2 Å². The number of hydrogen-bond acceptors (Lipinski definition) is 3. The van der Waals surface area contributed by atoms with Gasteiger partial charge in [-0.05, 0) is 69.7 Å². The first-order chi connectivity index (χ1) is 9.71. The highest BCUT2D eigenvalue weighted by Gasteiger charge is 2.31. The van der Waals surface area contributed by atoms with Crippen LogP contribution in [-0.2, 0) is 5.54 Å². The van der Waals surface area contributed by atoms with Gasteiger partial charge in [0, 0.05) is 5.54 Å². The summed E-state index contributed by atoms with van der Waals surface area (Å²) in [6.45, 7) is 3.38. The summed E-state index contributed by atoms with van der Waals surface area (Å²) >= 11 is 0. The standard InChI is InChI=1S/C17H25NO2/c1-17(10-5-11-18-17)13-8-9-15(19-2)16(12-13)20-14-6-3-4-7-14/h8-9,12,14,18H,3-7,10-11H2,1-2H3. The summed E-state index contributed by atoms with van der Waals surface area (Å²) < 4.78 is 11.7. The van der Waals surface area contributed by atoms with Gasteiger partial charge in [0.15, 0.2) is 11.5 Å². The van der Waals surface area contributed by atoms with Crippen LogP contribution < -0.4 is 14.8 Å². The van der Waals surface area contributed by atoms with Crippen LogP contribution in [0.1, 0.15) is 51.0 Å². The van der Waals surface area contributed by atoms with E-state index in [0.717, 1.165) is 18.0 Å². The van der Waals surface area contributed by atoms with Gasteiger partial charge in [-0.15, -0.1) is 0 Å². The molecule has 1 saturated heterocycles. The van der Waals surface area contributed by atoms with Gasteiger partial charge in [0.2, 0.25) is 0 Å². The minimum Gasteiger partial charge on any atom is -0.493 e. The summed E-state index contributed by atoms with van der Waals surface area (Å²) in [5.74, 6) is 1.76. The van der Waals surface area contributed by atoms with Gasteiger partial charge in [-0.3, -0.25) is 0 Å². The SMILES string of the molecule is COc1ccc(C2(C)CCCN2)cc1OC1CCCC1. The Morgan fingerprint density at radius 3 is 2.60 bits per heavy atom. The van der Waals surface area contributed by atoms with Crippen LogP contribution >= 0.6 is 0 Å². The fourth-order valence-corrected chi connectivity index (χ4v) is 3.44. The summed E-state index contributed by atoms with van der Waals surface area (Å²) in [5.41, 5.74) is 1.39. The van der Waals surface area contributed by atoms with Gasteiger partial charge in [-0.25, -0.2) is 0 Å². The summed E-state index contributed by atoms with van der Waals surface area (Å²) in [6, 6.07) is 6.39. The Bertz CT molecular complexity index is 460. The van der Waals surface area contributed by atoms with E-state index < -0.39 is 0 Å². The summed E-state index contributed by atoms with van der Waals surface area (Å²) in [5, 5.41) is 3.61. The van der Waals surface area contributed by atoms with Crippen molar-refractivity contribution in [3.05, 3.63) is 23.8 Å². The number of ether oxygens (including phenoxy) is 2. The highest BCUT2D eigenvalue weighted by molar-refractivity contribution is 5.45. The van der Waals surface area contributed by atoms with Crippen LogP contribution in [-0.4, -0.2) is 19.8 Å². The van der Waals surface area contributed by atoms with Crippen molar-refractivity contribution in [2.24, 2.45) is 0 Å². The molecular weight excluding hydrogens is 250 g/mol. The van der Waals surface area contributed by atoms with Crippen LogP contribution in [0.2, 0.25) is 0 Å². The number of hydrogen-bond donors (Lipinski definition) is 1. The van der Waals surface area contributed by atoms with Crippen molar-refractivity contribution < 1.29 is 9.47 Å². The van der Waals surface area contributed by atoms with Crippen molar-refractivity contribution in [3.8, 4) is 11.5 Å². The number of nitrogens with one attached hydrogen (secondary N) is 1. The van der Waals surface area contributed by atoms with E-state index in [9.17, 15) is 0 Å². The first-order valence-corrected chi connectivity index (χ1v) is 7.81. The predicted octanol–water partition coefficient (Wildman–Crippen LogP) is 3.62. The van der Waals surface area contributed by atoms with Crippen molar-refractivity contribution in [2.75, 3.05) is 13.7 Å². The lowest BCUT2D eigenvalue weighted by Gasteiger charge is -2.26. The van der Waals surface area contributed by atoms with Gasteiger partial charge in [0.1, 0.15) is 0 Å². The molecule has 3 heteroatoms. The molecule has 1 saturated carbocycles. The molecule has 1 N–H and O–H groups in total. The molecule has 1 aromatic rings. The van der Waals surface area contributed by atoms with Gasteiger partial charge in [0.25, 0.3) is 0 Å². The van der Waals surface area contributed by atoms with Gasteiger partial charge >= 0.3 is 0 Å². The number of methoxy groups -OCH3 is 1. The second-order valence-corrected chi connectivity index (χ2v) is 6.25. The molecule has 1 atom stereocenters.